The van der Waals surface area contributed by atoms with E-state index in [0.717, 1.165) is 48.9 Å². The molecule has 7 nitrogen and oxygen atoms in total. The Balaban J connectivity index is 1.46. The molecule has 29 heavy (non-hydrogen) atoms. The third-order valence-electron chi connectivity index (χ3n) is 4.74. The molecule has 0 bridgehead atoms. The number of hydrogen-bond acceptors (Lipinski definition) is 6. The Morgan fingerprint density at radius 3 is 2.66 bits per heavy atom. The van der Waals surface area contributed by atoms with Crippen LogP contribution in [0.2, 0.25) is 0 Å². The average Bonchev–Trinajstić information content (AvgIpc) is 2.79. The highest BCUT2D eigenvalue weighted by Gasteiger charge is 2.15. The van der Waals surface area contributed by atoms with Gasteiger partial charge in [-0.25, -0.2) is 0 Å². The van der Waals surface area contributed by atoms with Crippen molar-refractivity contribution in [3.8, 4) is 0 Å². The van der Waals surface area contributed by atoms with Crippen LogP contribution in [0, 0.1) is 0 Å². The van der Waals surface area contributed by atoms with Gasteiger partial charge < -0.3 is 20.3 Å². The lowest BCUT2D eigenvalue weighted by Crippen LogP contribution is -2.36. The van der Waals surface area contributed by atoms with Crippen molar-refractivity contribution < 1.29 is 9.53 Å². The SMILES string of the molecule is O=C(NCc1ccncc1)c1cncc(Nc2ccccc2N2CCOCC2)c1. The average molecular weight is 389 g/mol. The molecule has 3 heterocycles. The minimum absolute atomic E-state index is 0.167. The fourth-order valence-electron chi connectivity index (χ4n) is 3.23. The van der Waals surface area contributed by atoms with E-state index >= 15 is 0 Å². The van der Waals surface area contributed by atoms with Crippen molar-refractivity contribution in [3.05, 3.63) is 78.4 Å². The van der Waals surface area contributed by atoms with E-state index in [1.54, 1.807) is 24.8 Å². The molecule has 0 radical (unpaired) electrons. The van der Waals surface area contributed by atoms with Crippen LogP contribution in [0.5, 0.6) is 0 Å². The molecule has 0 atom stereocenters. The number of nitrogens with zero attached hydrogens (tertiary/aromatic N) is 3. The molecule has 0 spiro atoms. The van der Waals surface area contributed by atoms with E-state index in [1.807, 2.05) is 36.4 Å². The van der Waals surface area contributed by atoms with Crippen molar-refractivity contribution >= 4 is 23.0 Å². The van der Waals surface area contributed by atoms with E-state index < -0.39 is 0 Å². The Morgan fingerprint density at radius 2 is 1.83 bits per heavy atom. The molecule has 2 aromatic heterocycles. The van der Waals surface area contributed by atoms with Gasteiger partial charge in [0, 0.05) is 38.2 Å². The molecule has 1 fully saturated rings. The third kappa shape index (κ3) is 4.89. The van der Waals surface area contributed by atoms with Gasteiger partial charge in [0.05, 0.1) is 42.0 Å². The maximum Gasteiger partial charge on any atom is 0.253 e. The summed E-state index contributed by atoms with van der Waals surface area (Å²) < 4.78 is 5.46. The predicted molar refractivity (Wildman–Crippen MR) is 112 cm³/mol. The minimum atomic E-state index is -0.167. The number of amides is 1. The minimum Gasteiger partial charge on any atom is -0.378 e. The normalized spacial score (nSPS) is 13.7. The van der Waals surface area contributed by atoms with Gasteiger partial charge in [0.25, 0.3) is 5.91 Å². The zero-order chi connectivity index (χ0) is 19.9. The fourth-order valence-corrected chi connectivity index (χ4v) is 3.23. The topological polar surface area (TPSA) is 79.4 Å². The molecule has 3 aromatic rings. The smallest absolute Gasteiger partial charge is 0.253 e. The van der Waals surface area contributed by atoms with Gasteiger partial charge in [0.1, 0.15) is 0 Å². The maximum absolute atomic E-state index is 12.5. The lowest BCUT2D eigenvalue weighted by molar-refractivity contribution is 0.0950. The van der Waals surface area contributed by atoms with Crippen molar-refractivity contribution in [1.29, 1.82) is 0 Å². The molecule has 2 N–H and O–H groups in total. The van der Waals surface area contributed by atoms with Gasteiger partial charge in [-0.2, -0.15) is 0 Å². The van der Waals surface area contributed by atoms with Crippen molar-refractivity contribution in [2.24, 2.45) is 0 Å². The number of pyridine rings is 2. The first-order valence-electron chi connectivity index (χ1n) is 9.60. The third-order valence-corrected chi connectivity index (χ3v) is 4.74. The number of carbonyl (C=O) groups excluding carboxylic acids is 1. The highest BCUT2D eigenvalue weighted by atomic mass is 16.5. The van der Waals surface area contributed by atoms with Gasteiger partial charge >= 0.3 is 0 Å². The number of nitrogens with one attached hydrogen (secondary N) is 2. The van der Waals surface area contributed by atoms with Crippen LogP contribution in [0.4, 0.5) is 17.1 Å². The second-order valence-corrected chi connectivity index (χ2v) is 6.74. The quantitative estimate of drug-likeness (QED) is 0.675. The summed E-state index contributed by atoms with van der Waals surface area (Å²) in [5.41, 5.74) is 4.36. The summed E-state index contributed by atoms with van der Waals surface area (Å²) in [4.78, 5) is 23.0. The molecule has 4 rings (SSSR count). The van der Waals surface area contributed by atoms with Gasteiger partial charge in [0.2, 0.25) is 0 Å². The summed E-state index contributed by atoms with van der Waals surface area (Å²) in [6.07, 6.45) is 6.70. The molecule has 7 heteroatoms. The van der Waals surface area contributed by atoms with E-state index in [1.165, 1.54) is 0 Å². The van der Waals surface area contributed by atoms with Gasteiger partial charge in [-0.1, -0.05) is 12.1 Å². The van der Waals surface area contributed by atoms with Crippen LogP contribution >= 0.6 is 0 Å². The number of ether oxygens (including phenoxy) is 1. The number of morpholine rings is 1. The number of carbonyl (C=O) groups is 1. The summed E-state index contributed by atoms with van der Waals surface area (Å²) in [5.74, 6) is -0.167. The number of rotatable bonds is 6. The molecule has 0 aliphatic carbocycles. The molecule has 1 aromatic carbocycles. The van der Waals surface area contributed by atoms with Crippen LogP contribution in [0.15, 0.2) is 67.3 Å². The number of aromatic nitrogens is 2. The van der Waals surface area contributed by atoms with Gasteiger partial charge in [-0.3, -0.25) is 14.8 Å². The standard InChI is InChI=1S/C22H23N5O2/c28-22(25-14-17-5-7-23-8-6-17)18-13-19(16-24-15-18)26-20-3-1-2-4-21(20)27-9-11-29-12-10-27/h1-8,13,15-16,26H,9-12,14H2,(H,25,28). The van der Waals surface area contributed by atoms with Crippen LogP contribution in [-0.2, 0) is 11.3 Å². The van der Waals surface area contributed by atoms with Gasteiger partial charge in [0.15, 0.2) is 0 Å². The second-order valence-electron chi connectivity index (χ2n) is 6.74. The van der Waals surface area contributed by atoms with E-state index in [2.05, 4.69) is 31.6 Å². The van der Waals surface area contributed by atoms with Crippen LogP contribution in [-0.4, -0.2) is 42.2 Å². The monoisotopic (exact) mass is 389 g/mol. The molecule has 1 amide bonds. The number of benzene rings is 1. The summed E-state index contributed by atoms with van der Waals surface area (Å²) in [5, 5.41) is 6.32. The Bertz CT molecular complexity index is 958. The maximum atomic E-state index is 12.5. The fraction of sp³-hybridized carbons (Fsp3) is 0.227. The molecule has 0 saturated carbocycles. The van der Waals surface area contributed by atoms with Crippen LogP contribution in [0.25, 0.3) is 0 Å². The van der Waals surface area contributed by atoms with Crippen molar-refractivity contribution in [2.75, 3.05) is 36.5 Å². The summed E-state index contributed by atoms with van der Waals surface area (Å²) >= 11 is 0. The second kappa shape index (κ2) is 9.16. The summed E-state index contributed by atoms with van der Waals surface area (Å²) in [6, 6.07) is 13.7. The molecule has 1 aliphatic rings. The molecular weight excluding hydrogens is 366 g/mol. The number of anilines is 3. The Morgan fingerprint density at radius 1 is 1.03 bits per heavy atom. The van der Waals surface area contributed by atoms with Crippen LogP contribution in [0.3, 0.4) is 0 Å². The predicted octanol–water partition coefficient (Wildman–Crippen LogP) is 2.99. The Labute approximate surface area is 169 Å². The molecule has 0 unspecified atom stereocenters. The molecule has 1 aliphatic heterocycles. The van der Waals surface area contributed by atoms with Crippen LogP contribution in [0.1, 0.15) is 15.9 Å². The Kier molecular flexibility index (Phi) is 5.97. The first-order chi connectivity index (χ1) is 14.3. The van der Waals surface area contributed by atoms with E-state index in [-0.39, 0.29) is 5.91 Å². The van der Waals surface area contributed by atoms with Gasteiger partial charge in [-0.15, -0.1) is 0 Å². The summed E-state index contributed by atoms with van der Waals surface area (Å²) in [6.45, 7) is 3.60. The molecule has 1 saturated heterocycles. The van der Waals surface area contributed by atoms with Gasteiger partial charge in [-0.05, 0) is 35.9 Å². The largest absolute Gasteiger partial charge is 0.378 e. The van der Waals surface area contributed by atoms with Crippen LogP contribution < -0.4 is 15.5 Å². The number of hydrogen-bond donors (Lipinski definition) is 2. The van der Waals surface area contributed by atoms with E-state index in [0.29, 0.717) is 12.1 Å². The highest BCUT2D eigenvalue weighted by molar-refractivity contribution is 5.95. The molecular formula is C22H23N5O2. The first kappa shape index (κ1) is 18.9. The summed E-state index contributed by atoms with van der Waals surface area (Å²) in [7, 11) is 0. The lowest BCUT2D eigenvalue weighted by atomic mass is 10.2. The highest BCUT2D eigenvalue weighted by Crippen LogP contribution is 2.29. The van der Waals surface area contributed by atoms with Crippen molar-refractivity contribution in [2.45, 2.75) is 6.54 Å². The van der Waals surface area contributed by atoms with Crippen molar-refractivity contribution in [3.63, 3.8) is 0 Å². The first-order valence-corrected chi connectivity index (χ1v) is 9.60. The number of para-hydroxylation sites is 2. The van der Waals surface area contributed by atoms with Crippen molar-refractivity contribution in [1.82, 2.24) is 15.3 Å². The zero-order valence-corrected chi connectivity index (χ0v) is 16.0. The van der Waals surface area contributed by atoms with E-state index in [9.17, 15) is 4.79 Å². The zero-order valence-electron chi connectivity index (χ0n) is 16.0. The lowest BCUT2D eigenvalue weighted by Gasteiger charge is -2.30. The van der Waals surface area contributed by atoms with E-state index in [4.69, 9.17) is 4.74 Å². The Hall–Kier alpha value is -3.45. The molecule has 148 valence electrons.